The topological polar surface area (TPSA) is 28.2 Å². The molecule has 102 valence electrons. The Bertz CT molecular complexity index is 382. The third-order valence-corrected chi connectivity index (χ3v) is 5.05. The van der Waals surface area contributed by atoms with Gasteiger partial charge in [-0.3, -0.25) is 4.90 Å². The van der Waals surface area contributed by atoms with Crippen molar-refractivity contribution in [3.8, 4) is 0 Å². The van der Waals surface area contributed by atoms with Gasteiger partial charge in [0.15, 0.2) is 0 Å². The molecule has 1 fully saturated rings. The Hall–Kier alpha value is -0.450. The third-order valence-electron chi connectivity index (χ3n) is 3.99. The fraction of sp³-hybridized carbons (Fsp3) is 0.786. The Morgan fingerprint density at radius 1 is 1.44 bits per heavy atom. The van der Waals surface area contributed by atoms with Gasteiger partial charge in [0.25, 0.3) is 0 Å². The second-order valence-corrected chi connectivity index (χ2v) is 6.94. The molecule has 0 radical (unpaired) electrons. The summed E-state index contributed by atoms with van der Waals surface area (Å²) in [6.07, 6.45) is 2.42. The van der Waals surface area contributed by atoms with E-state index in [1.165, 1.54) is 35.0 Å². The lowest BCUT2D eigenvalue weighted by atomic mass is 9.99. The lowest BCUT2D eigenvalue weighted by molar-refractivity contribution is 0.208. The summed E-state index contributed by atoms with van der Waals surface area (Å²) in [5.41, 5.74) is 1.46. The van der Waals surface area contributed by atoms with Crippen molar-refractivity contribution in [1.82, 2.24) is 15.2 Å². The molecule has 1 unspecified atom stereocenters. The van der Waals surface area contributed by atoms with E-state index in [-0.39, 0.29) is 5.54 Å². The first-order chi connectivity index (χ1) is 8.52. The second kappa shape index (κ2) is 5.68. The first-order valence-electron chi connectivity index (χ1n) is 6.93. The molecule has 0 amide bonds. The average Bonchev–Trinajstić information content (AvgIpc) is 2.53. The van der Waals surface area contributed by atoms with Gasteiger partial charge in [0.05, 0.1) is 12.2 Å². The van der Waals surface area contributed by atoms with Gasteiger partial charge < -0.3 is 5.32 Å². The van der Waals surface area contributed by atoms with Crippen molar-refractivity contribution in [2.75, 3.05) is 19.6 Å². The van der Waals surface area contributed by atoms with E-state index in [0.717, 1.165) is 19.6 Å². The van der Waals surface area contributed by atoms with Crippen molar-refractivity contribution in [1.29, 1.82) is 0 Å². The molecule has 2 heterocycles. The lowest BCUT2D eigenvalue weighted by Crippen LogP contribution is -2.48. The Balaban J connectivity index is 2.03. The van der Waals surface area contributed by atoms with Gasteiger partial charge in [0.2, 0.25) is 0 Å². The molecule has 1 N–H and O–H groups in total. The van der Waals surface area contributed by atoms with Gasteiger partial charge in [0, 0.05) is 17.0 Å². The van der Waals surface area contributed by atoms with Crippen LogP contribution < -0.4 is 5.32 Å². The summed E-state index contributed by atoms with van der Waals surface area (Å²) in [5.74, 6) is 0. The zero-order valence-electron chi connectivity index (χ0n) is 12.0. The highest BCUT2D eigenvalue weighted by molar-refractivity contribution is 7.11. The minimum atomic E-state index is 0.262. The maximum absolute atomic E-state index is 4.66. The Labute approximate surface area is 115 Å². The number of rotatable bonds is 3. The molecular weight excluding hydrogens is 242 g/mol. The van der Waals surface area contributed by atoms with E-state index in [1.54, 1.807) is 0 Å². The molecule has 4 heteroatoms. The number of aryl methyl sites for hydroxylation is 2. The van der Waals surface area contributed by atoms with Crippen molar-refractivity contribution in [3.05, 3.63) is 15.6 Å². The molecule has 0 bridgehead atoms. The number of nitrogens with zero attached hydrogens (tertiary/aromatic N) is 2. The fourth-order valence-electron chi connectivity index (χ4n) is 2.49. The monoisotopic (exact) mass is 267 g/mol. The van der Waals surface area contributed by atoms with Crippen LogP contribution in [0.1, 0.15) is 42.3 Å². The van der Waals surface area contributed by atoms with Gasteiger partial charge in [-0.05, 0) is 46.7 Å². The van der Waals surface area contributed by atoms with Crippen LogP contribution in [0, 0.1) is 13.8 Å². The SMILES string of the molecule is CCC1(C)CN(Cc2nc(C)c(C)s2)CCCN1. The van der Waals surface area contributed by atoms with Crippen molar-refractivity contribution in [2.45, 2.75) is 52.6 Å². The zero-order valence-corrected chi connectivity index (χ0v) is 12.9. The molecule has 0 aliphatic carbocycles. The van der Waals surface area contributed by atoms with E-state index >= 15 is 0 Å². The van der Waals surface area contributed by atoms with E-state index in [1.807, 2.05) is 11.3 Å². The molecule has 1 aliphatic heterocycles. The van der Waals surface area contributed by atoms with Crippen molar-refractivity contribution in [2.24, 2.45) is 0 Å². The van der Waals surface area contributed by atoms with Gasteiger partial charge in [-0.1, -0.05) is 6.92 Å². The minimum Gasteiger partial charge on any atom is -0.310 e. The van der Waals surface area contributed by atoms with Crippen LogP contribution in [0.4, 0.5) is 0 Å². The summed E-state index contributed by atoms with van der Waals surface area (Å²) >= 11 is 1.85. The first kappa shape index (κ1) is 14.0. The average molecular weight is 267 g/mol. The summed E-state index contributed by atoms with van der Waals surface area (Å²) in [4.78, 5) is 8.58. The highest BCUT2D eigenvalue weighted by Crippen LogP contribution is 2.21. The van der Waals surface area contributed by atoms with E-state index in [9.17, 15) is 0 Å². The predicted molar refractivity (Wildman–Crippen MR) is 78.2 cm³/mol. The highest BCUT2D eigenvalue weighted by Gasteiger charge is 2.27. The predicted octanol–water partition coefficient (Wildman–Crippen LogP) is 2.72. The molecule has 18 heavy (non-hydrogen) atoms. The first-order valence-corrected chi connectivity index (χ1v) is 7.74. The van der Waals surface area contributed by atoms with Gasteiger partial charge >= 0.3 is 0 Å². The van der Waals surface area contributed by atoms with Crippen LogP contribution in [0.25, 0.3) is 0 Å². The fourth-order valence-corrected chi connectivity index (χ4v) is 3.47. The van der Waals surface area contributed by atoms with Gasteiger partial charge in [0.1, 0.15) is 5.01 Å². The number of hydrogen-bond acceptors (Lipinski definition) is 4. The number of aromatic nitrogens is 1. The summed E-state index contributed by atoms with van der Waals surface area (Å²) in [6.45, 7) is 13.3. The molecule has 0 aromatic carbocycles. The van der Waals surface area contributed by atoms with Crippen LogP contribution in [-0.2, 0) is 6.54 Å². The molecular formula is C14H25N3S. The minimum absolute atomic E-state index is 0.262. The molecule has 0 spiro atoms. The van der Waals surface area contributed by atoms with Gasteiger partial charge in [-0.15, -0.1) is 11.3 Å². The zero-order chi connectivity index (χ0) is 13.2. The number of nitrogens with one attached hydrogen (secondary N) is 1. The molecule has 3 nitrogen and oxygen atoms in total. The van der Waals surface area contributed by atoms with Crippen LogP contribution in [0.15, 0.2) is 0 Å². The third kappa shape index (κ3) is 3.31. The van der Waals surface area contributed by atoms with Gasteiger partial charge in [-0.25, -0.2) is 4.98 Å². The van der Waals surface area contributed by atoms with Crippen molar-refractivity contribution < 1.29 is 0 Å². The van der Waals surface area contributed by atoms with Crippen LogP contribution in [0.5, 0.6) is 0 Å². The van der Waals surface area contributed by atoms with Crippen LogP contribution >= 0.6 is 11.3 Å². The smallest absolute Gasteiger partial charge is 0.107 e. The summed E-state index contributed by atoms with van der Waals surface area (Å²) in [7, 11) is 0. The summed E-state index contributed by atoms with van der Waals surface area (Å²) < 4.78 is 0. The summed E-state index contributed by atoms with van der Waals surface area (Å²) in [5, 5.41) is 4.95. The lowest BCUT2D eigenvalue weighted by Gasteiger charge is -2.32. The number of thiazole rings is 1. The molecule has 1 atom stereocenters. The normalized spacial score (nSPS) is 26.2. The van der Waals surface area contributed by atoms with Crippen molar-refractivity contribution in [3.63, 3.8) is 0 Å². The van der Waals surface area contributed by atoms with Gasteiger partial charge in [-0.2, -0.15) is 0 Å². The molecule has 1 aromatic heterocycles. The largest absolute Gasteiger partial charge is 0.310 e. The Kier molecular flexibility index (Phi) is 4.41. The summed E-state index contributed by atoms with van der Waals surface area (Å²) in [6, 6.07) is 0. The molecule has 1 saturated heterocycles. The van der Waals surface area contributed by atoms with E-state index < -0.39 is 0 Å². The van der Waals surface area contributed by atoms with Crippen LogP contribution in [-0.4, -0.2) is 35.1 Å². The maximum atomic E-state index is 4.66. The quantitative estimate of drug-likeness (QED) is 0.912. The van der Waals surface area contributed by atoms with E-state index in [2.05, 4.69) is 42.9 Å². The Morgan fingerprint density at radius 2 is 2.22 bits per heavy atom. The molecule has 1 aliphatic rings. The highest BCUT2D eigenvalue weighted by atomic mass is 32.1. The number of hydrogen-bond donors (Lipinski definition) is 1. The van der Waals surface area contributed by atoms with Crippen LogP contribution in [0.2, 0.25) is 0 Å². The Morgan fingerprint density at radius 3 is 2.83 bits per heavy atom. The molecule has 1 aromatic rings. The van der Waals surface area contributed by atoms with E-state index in [4.69, 9.17) is 0 Å². The standard InChI is InChI=1S/C14H25N3S/c1-5-14(4)10-17(8-6-7-15-14)9-13-16-11(2)12(3)18-13/h15H,5-10H2,1-4H3. The molecule has 0 saturated carbocycles. The van der Waals surface area contributed by atoms with Crippen LogP contribution in [0.3, 0.4) is 0 Å². The second-order valence-electron chi connectivity index (χ2n) is 5.65. The van der Waals surface area contributed by atoms with Crippen molar-refractivity contribution >= 4 is 11.3 Å². The maximum Gasteiger partial charge on any atom is 0.107 e. The molecule has 2 rings (SSSR count). The van der Waals surface area contributed by atoms with E-state index in [0.29, 0.717) is 0 Å².